The maximum Gasteiger partial charge on any atom is 0.405 e. The van der Waals surface area contributed by atoms with Gasteiger partial charge in [-0.05, 0) is 19.1 Å². The lowest BCUT2D eigenvalue weighted by atomic mass is 10.2. The molecule has 1 heterocycles. The predicted octanol–water partition coefficient (Wildman–Crippen LogP) is 2.87. The first kappa shape index (κ1) is 15.1. The molecule has 2 rings (SSSR count). The summed E-state index contributed by atoms with van der Waals surface area (Å²) in [7, 11) is 0. The summed E-state index contributed by atoms with van der Waals surface area (Å²) in [6, 6.07) is 9.04. The van der Waals surface area contributed by atoms with Crippen LogP contribution in [0.5, 0.6) is 0 Å². The average Bonchev–Trinajstić information content (AvgIpc) is 2.78. The van der Waals surface area contributed by atoms with Crippen LogP contribution in [-0.4, -0.2) is 23.6 Å². The summed E-state index contributed by atoms with van der Waals surface area (Å²) in [4.78, 5) is 15.6. The zero-order valence-electron chi connectivity index (χ0n) is 11.2. The summed E-state index contributed by atoms with van der Waals surface area (Å²) in [6.45, 7) is 0.264. The van der Waals surface area contributed by atoms with Crippen LogP contribution in [0, 0.1) is 6.92 Å². The molecule has 0 unspecified atom stereocenters. The summed E-state index contributed by atoms with van der Waals surface area (Å²) in [6.07, 6.45) is -4.68. The number of carbonyl (C=O) groups is 1. The molecule has 0 fully saturated rings. The molecule has 2 aromatic rings. The molecule has 1 amide bonds. The Morgan fingerprint density at radius 1 is 1.29 bits per heavy atom. The van der Waals surface area contributed by atoms with Crippen molar-refractivity contribution in [2.75, 3.05) is 6.54 Å². The van der Waals surface area contributed by atoms with Crippen LogP contribution in [0.4, 0.5) is 13.2 Å². The molecule has 0 saturated heterocycles. The zero-order valence-corrected chi connectivity index (χ0v) is 11.2. The number of amides is 1. The highest BCUT2D eigenvalue weighted by atomic mass is 19.4. The van der Waals surface area contributed by atoms with E-state index < -0.39 is 18.6 Å². The number of nitrogens with zero attached hydrogens (tertiary/aromatic N) is 1. The normalized spacial score (nSPS) is 11.4. The van der Waals surface area contributed by atoms with Crippen LogP contribution in [0.3, 0.4) is 0 Å². The molecule has 21 heavy (non-hydrogen) atoms. The van der Waals surface area contributed by atoms with E-state index in [9.17, 15) is 18.0 Å². The lowest BCUT2D eigenvalue weighted by Gasteiger charge is -2.07. The van der Waals surface area contributed by atoms with Gasteiger partial charge in [0.05, 0.1) is 12.1 Å². The van der Waals surface area contributed by atoms with Crippen molar-refractivity contribution in [1.29, 1.82) is 0 Å². The standard InChI is InChI=1S/C14H13F3N2O2/c1-9-11(7-12(20)18-8-14(15,16)17)19-13(21-9)10-5-3-2-4-6-10/h2-6H,7-8H2,1H3,(H,18,20). The fraction of sp³-hybridized carbons (Fsp3) is 0.286. The van der Waals surface area contributed by atoms with Crippen molar-refractivity contribution < 1.29 is 22.4 Å². The molecule has 0 bridgehead atoms. The van der Waals surface area contributed by atoms with E-state index in [1.807, 2.05) is 18.2 Å². The minimum Gasteiger partial charge on any atom is -0.441 e. The molecule has 0 aliphatic carbocycles. The molecule has 0 atom stereocenters. The molecule has 1 aromatic heterocycles. The van der Waals surface area contributed by atoms with Crippen LogP contribution in [0.15, 0.2) is 34.7 Å². The summed E-state index contributed by atoms with van der Waals surface area (Å²) in [5, 5.41) is 1.80. The van der Waals surface area contributed by atoms with Crippen molar-refractivity contribution in [3.63, 3.8) is 0 Å². The third kappa shape index (κ3) is 4.34. The fourth-order valence-electron chi connectivity index (χ4n) is 1.71. The maximum atomic E-state index is 12.0. The molecule has 0 aliphatic heterocycles. The van der Waals surface area contributed by atoms with Gasteiger partial charge in [0.1, 0.15) is 12.3 Å². The molecule has 1 N–H and O–H groups in total. The maximum absolute atomic E-state index is 12.0. The summed E-state index contributed by atoms with van der Waals surface area (Å²) >= 11 is 0. The minimum atomic E-state index is -4.43. The van der Waals surface area contributed by atoms with E-state index in [0.29, 0.717) is 17.3 Å². The second kappa shape index (κ2) is 5.99. The lowest BCUT2D eigenvalue weighted by molar-refractivity contribution is -0.138. The number of halogens is 3. The van der Waals surface area contributed by atoms with E-state index in [-0.39, 0.29) is 6.42 Å². The van der Waals surface area contributed by atoms with E-state index in [0.717, 1.165) is 5.56 Å². The molecular weight excluding hydrogens is 285 g/mol. The van der Waals surface area contributed by atoms with E-state index in [1.54, 1.807) is 24.4 Å². The van der Waals surface area contributed by atoms with Gasteiger partial charge in [0, 0.05) is 5.56 Å². The number of aryl methyl sites for hydroxylation is 1. The largest absolute Gasteiger partial charge is 0.441 e. The molecule has 7 heteroatoms. The third-order valence-electron chi connectivity index (χ3n) is 2.73. The van der Waals surface area contributed by atoms with Crippen molar-refractivity contribution in [2.24, 2.45) is 0 Å². The van der Waals surface area contributed by atoms with Gasteiger partial charge < -0.3 is 9.73 Å². The Morgan fingerprint density at radius 2 is 1.95 bits per heavy atom. The number of oxazole rings is 1. The molecular formula is C14H13F3N2O2. The van der Waals surface area contributed by atoms with Gasteiger partial charge in [0.15, 0.2) is 0 Å². The molecule has 0 aliphatic rings. The van der Waals surface area contributed by atoms with E-state index in [1.165, 1.54) is 0 Å². The first-order valence-corrected chi connectivity index (χ1v) is 6.20. The number of benzene rings is 1. The Balaban J connectivity index is 2.05. The van der Waals surface area contributed by atoms with Gasteiger partial charge in [0.25, 0.3) is 0 Å². The SMILES string of the molecule is Cc1oc(-c2ccccc2)nc1CC(=O)NCC(F)(F)F. The Labute approximate surface area is 119 Å². The second-order valence-corrected chi connectivity index (χ2v) is 4.46. The van der Waals surface area contributed by atoms with E-state index in [4.69, 9.17) is 4.42 Å². The number of nitrogens with one attached hydrogen (secondary N) is 1. The Morgan fingerprint density at radius 3 is 2.57 bits per heavy atom. The number of carbonyl (C=O) groups excluding carboxylic acids is 1. The highest BCUT2D eigenvalue weighted by Gasteiger charge is 2.28. The molecule has 0 saturated carbocycles. The topological polar surface area (TPSA) is 55.1 Å². The van der Waals surface area contributed by atoms with Gasteiger partial charge in [-0.25, -0.2) is 4.98 Å². The number of hydrogen-bond acceptors (Lipinski definition) is 3. The predicted molar refractivity (Wildman–Crippen MR) is 69.4 cm³/mol. The van der Waals surface area contributed by atoms with Crippen molar-refractivity contribution in [3.8, 4) is 11.5 Å². The fourth-order valence-corrected chi connectivity index (χ4v) is 1.71. The van der Waals surface area contributed by atoms with E-state index in [2.05, 4.69) is 4.98 Å². The number of rotatable bonds is 4. The van der Waals surface area contributed by atoms with Gasteiger partial charge in [-0.15, -0.1) is 0 Å². The van der Waals surface area contributed by atoms with Gasteiger partial charge in [0.2, 0.25) is 11.8 Å². The first-order valence-electron chi connectivity index (χ1n) is 6.20. The lowest BCUT2D eigenvalue weighted by Crippen LogP contribution is -2.34. The van der Waals surface area contributed by atoms with Crippen LogP contribution in [0.2, 0.25) is 0 Å². The highest BCUT2D eigenvalue weighted by molar-refractivity contribution is 5.78. The average molecular weight is 298 g/mol. The molecule has 1 aromatic carbocycles. The number of alkyl halides is 3. The Kier molecular flexibility index (Phi) is 4.30. The Hall–Kier alpha value is -2.31. The molecule has 0 spiro atoms. The first-order chi connectivity index (χ1) is 9.85. The van der Waals surface area contributed by atoms with Crippen LogP contribution in [-0.2, 0) is 11.2 Å². The van der Waals surface area contributed by atoms with Crippen molar-refractivity contribution >= 4 is 5.91 Å². The molecule has 4 nitrogen and oxygen atoms in total. The van der Waals surface area contributed by atoms with Crippen molar-refractivity contribution in [3.05, 3.63) is 41.8 Å². The van der Waals surface area contributed by atoms with Crippen LogP contribution in [0.1, 0.15) is 11.5 Å². The smallest absolute Gasteiger partial charge is 0.405 e. The second-order valence-electron chi connectivity index (χ2n) is 4.46. The van der Waals surface area contributed by atoms with Gasteiger partial charge in [-0.3, -0.25) is 4.79 Å². The number of hydrogen-bond donors (Lipinski definition) is 1. The van der Waals surface area contributed by atoms with E-state index >= 15 is 0 Å². The van der Waals surface area contributed by atoms with Crippen molar-refractivity contribution in [1.82, 2.24) is 10.3 Å². The van der Waals surface area contributed by atoms with Crippen LogP contribution < -0.4 is 5.32 Å². The summed E-state index contributed by atoms with van der Waals surface area (Å²) in [5.41, 5.74) is 1.07. The molecule has 112 valence electrons. The third-order valence-corrected chi connectivity index (χ3v) is 2.73. The Bertz CT molecular complexity index is 621. The van der Waals surface area contributed by atoms with Gasteiger partial charge >= 0.3 is 6.18 Å². The highest BCUT2D eigenvalue weighted by Crippen LogP contribution is 2.21. The van der Waals surface area contributed by atoms with Gasteiger partial charge in [-0.2, -0.15) is 13.2 Å². The monoisotopic (exact) mass is 298 g/mol. The molecule has 0 radical (unpaired) electrons. The summed E-state index contributed by atoms with van der Waals surface area (Å²) < 4.78 is 41.5. The van der Waals surface area contributed by atoms with Crippen LogP contribution in [0.25, 0.3) is 11.5 Å². The summed E-state index contributed by atoms with van der Waals surface area (Å²) in [5.74, 6) is 0.00562. The van der Waals surface area contributed by atoms with Crippen LogP contribution >= 0.6 is 0 Å². The zero-order chi connectivity index (χ0) is 15.5. The quantitative estimate of drug-likeness (QED) is 0.944. The van der Waals surface area contributed by atoms with Crippen molar-refractivity contribution in [2.45, 2.75) is 19.5 Å². The van der Waals surface area contributed by atoms with Gasteiger partial charge in [-0.1, -0.05) is 18.2 Å². The number of aromatic nitrogens is 1. The minimum absolute atomic E-state index is 0.252.